The lowest BCUT2D eigenvalue weighted by Gasteiger charge is -2.30. The van der Waals surface area contributed by atoms with E-state index in [1.54, 1.807) is 12.4 Å². The van der Waals surface area contributed by atoms with E-state index in [1.807, 2.05) is 13.8 Å². The van der Waals surface area contributed by atoms with Crippen LogP contribution in [-0.2, 0) is 26.2 Å². The van der Waals surface area contributed by atoms with Crippen LogP contribution in [-0.4, -0.2) is 45.2 Å². The van der Waals surface area contributed by atoms with E-state index in [4.69, 9.17) is 0 Å². The minimum atomic E-state index is -0.773. The first kappa shape index (κ1) is 15.9. The zero-order valence-electron chi connectivity index (χ0n) is 13.0. The number of aromatic amines is 1. The Morgan fingerprint density at radius 1 is 1.55 bits per heavy atom. The van der Waals surface area contributed by atoms with Gasteiger partial charge in [-0.3, -0.25) is 19.3 Å². The van der Waals surface area contributed by atoms with Crippen LogP contribution in [0.1, 0.15) is 32.2 Å². The normalized spacial score (nSPS) is 19.0. The number of imidazole rings is 1. The van der Waals surface area contributed by atoms with E-state index in [0.717, 1.165) is 16.3 Å². The maximum Gasteiger partial charge on any atom is 0.252 e. The zero-order valence-corrected chi connectivity index (χ0v) is 13.0. The van der Waals surface area contributed by atoms with Crippen molar-refractivity contribution in [3.8, 4) is 0 Å². The second kappa shape index (κ2) is 5.75. The van der Waals surface area contributed by atoms with Crippen LogP contribution < -0.4 is 5.32 Å². The first-order valence-electron chi connectivity index (χ1n) is 7.04. The van der Waals surface area contributed by atoms with Gasteiger partial charge < -0.3 is 10.3 Å². The number of rotatable bonds is 4. The molecule has 1 atom stereocenters. The first-order chi connectivity index (χ1) is 10.3. The minimum Gasteiger partial charge on any atom is -0.348 e. The number of imide groups is 1. The predicted molar refractivity (Wildman–Crippen MR) is 79.8 cm³/mol. The number of hydrogen-bond donors (Lipinski definition) is 2. The van der Waals surface area contributed by atoms with Crippen molar-refractivity contribution in [2.24, 2.45) is 0 Å². The fraction of sp³-hybridized carbons (Fsp3) is 0.467. The van der Waals surface area contributed by atoms with E-state index in [2.05, 4.69) is 21.9 Å². The Morgan fingerprint density at radius 2 is 2.23 bits per heavy atom. The van der Waals surface area contributed by atoms with Crippen LogP contribution in [0, 0.1) is 0 Å². The molecule has 1 aromatic heterocycles. The van der Waals surface area contributed by atoms with Crippen molar-refractivity contribution in [3.05, 3.63) is 30.4 Å². The molecule has 1 saturated heterocycles. The van der Waals surface area contributed by atoms with Crippen molar-refractivity contribution in [3.63, 3.8) is 0 Å². The van der Waals surface area contributed by atoms with E-state index >= 15 is 0 Å². The highest BCUT2D eigenvalue weighted by molar-refractivity contribution is 6.04. The number of amides is 3. The SMILES string of the molecule is C=CC(C)(C)c1nc[nH]c1CC1NC(=O)CN(C(C)=O)C1=O. The van der Waals surface area contributed by atoms with Gasteiger partial charge >= 0.3 is 0 Å². The molecule has 0 saturated carbocycles. The van der Waals surface area contributed by atoms with Crippen molar-refractivity contribution in [2.45, 2.75) is 38.6 Å². The summed E-state index contributed by atoms with van der Waals surface area (Å²) in [5.41, 5.74) is 1.15. The van der Waals surface area contributed by atoms with Crippen LogP contribution in [0.5, 0.6) is 0 Å². The van der Waals surface area contributed by atoms with Crippen LogP contribution in [0.25, 0.3) is 0 Å². The summed E-state index contributed by atoms with van der Waals surface area (Å²) < 4.78 is 0. The molecule has 7 nitrogen and oxygen atoms in total. The van der Waals surface area contributed by atoms with Crippen molar-refractivity contribution < 1.29 is 14.4 Å². The maximum absolute atomic E-state index is 12.3. The molecule has 3 amide bonds. The number of H-pyrrole nitrogens is 1. The van der Waals surface area contributed by atoms with Gasteiger partial charge in [0.25, 0.3) is 5.91 Å². The van der Waals surface area contributed by atoms with E-state index in [1.165, 1.54) is 6.92 Å². The van der Waals surface area contributed by atoms with E-state index in [9.17, 15) is 14.4 Å². The van der Waals surface area contributed by atoms with Crippen LogP contribution in [0.4, 0.5) is 0 Å². The standard InChI is InChI=1S/C15H20N4O3/c1-5-15(3,4)13-10(16-8-17-13)6-11-14(22)19(9(2)20)7-12(21)18-11/h5,8,11H,1,6-7H2,2-4H3,(H,16,17)(H,18,21). The van der Waals surface area contributed by atoms with Crippen LogP contribution in [0.2, 0.25) is 0 Å². The quantitative estimate of drug-likeness (QED) is 0.782. The van der Waals surface area contributed by atoms with Crippen molar-refractivity contribution in [1.29, 1.82) is 0 Å². The molecule has 1 aliphatic heterocycles. The lowest BCUT2D eigenvalue weighted by molar-refractivity contribution is -0.152. The van der Waals surface area contributed by atoms with Gasteiger partial charge in [-0.2, -0.15) is 0 Å². The summed E-state index contributed by atoms with van der Waals surface area (Å²) in [6.07, 6.45) is 3.57. The minimum absolute atomic E-state index is 0.224. The van der Waals surface area contributed by atoms with Gasteiger partial charge in [0.05, 0.1) is 12.0 Å². The molecule has 0 spiro atoms. The second-order valence-corrected chi connectivity index (χ2v) is 5.92. The monoisotopic (exact) mass is 304 g/mol. The number of carbonyl (C=O) groups is 3. The Balaban J connectivity index is 2.25. The number of nitrogens with one attached hydrogen (secondary N) is 2. The van der Waals surface area contributed by atoms with Crippen molar-refractivity contribution in [1.82, 2.24) is 20.2 Å². The van der Waals surface area contributed by atoms with Gasteiger partial charge in [0.2, 0.25) is 11.8 Å². The van der Waals surface area contributed by atoms with Crippen molar-refractivity contribution in [2.75, 3.05) is 6.54 Å². The molecule has 0 aliphatic carbocycles. The first-order valence-corrected chi connectivity index (χ1v) is 7.04. The Bertz CT molecular complexity index is 632. The average molecular weight is 304 g/mol. The number of hydrogen-bond acceptors (Lipinski definition) is 4. The lowest BCUT2D eigenvalue weighted by atomic mass is 9.87. The van der Waals surface area contributed by atoms with Gasteiger partial charge in [0, 0.05) is 24.5 Å². The van der Waals surface area contributed by atoms with Gasteiger partial charge in [0.1, 0.15) is 12.6 Å². The molecule has 22 heavy (non-hydrogen) atoms. The second-order valence-electron chi connectivity index (χ2n) is 5.92. The molecular weight excluding hydrogens is 284 g/mol. The summed E-state index contributed by atoms with van der Waals surface area (Å²) in [4.78, 5) is 43.7. The summed E-state index contributed by atoms with van der Waals surface area (Å²) in [6.45, 7) is 8.77. The highest BCUT2D eigenvalue weighted by Gasteiger charge is 2.36. The lowest BCUT2D eigenvalue weighted by Crippen LogP contribution is -2.60. The molecule has 1 aliphatic rings. The predicted octanol–water partition coefficient (Wildman–Crippen LogP) is 0.289. The smallest absolute Gasteiger partial charge is 0.252 e. The molecule has 7 heteroatoms. The van der Waals surface area contributed by atoms with Crippen LogP contribution in [0.3, 0.4) is 0 Å². The number of allylic oxidation sites excluding steroid dienone is 1. The number of nitrogens with zero attached hydrogens (tertiary/aromatic N) is 2. The molecule has 2 heterocycles. The third-order valence-corrected chi connectivity index (χ3v) is 3.83. The van der Waals surface area contributed by atoms with E-state index < -0.39 is 17.9 Å². The Morgan fingerprint density at radius 3 is 2.82 bits per heavy atom. The van der Waals surface area contributed by atoms with Gasteiger partial charge in [-0.15, -0.1) is 6.58 Å². The molecular formula is C15H20N4O3. The Labute approximate surface area is 128 Å². The Kier molecular flexibility index (Phi) is 4.16. The van der Waals surface area contributed by atoms with Crippen LogP contribution >= 0.6 is 0 Å². The number of carbonyl (C=O) groups excluding carboxylic acids is 3. The third-order valence-electron chi connectivity index (χ3n) is 3.83. The summed E-state index contributed by atoms with van der Waals surface area (Å²) in [6, 6.07) is -0.773. The highest BCUT2D eigenvalue weighted by atomic mass is 16.2. The summed E-state index contributed by atoms with van der Waals surface area (Å²) >= 11 is 0. The van der Waals surface area contributed by atoms with Gasteiger partial charge in [0.15, 0.2) is 0 Å². The van der Waals surface area contributed by atoms with Gasteiger partial charge in [-0.1, -0.05) is 19.9 Å². The fourth-order valence-electron chi connectivity index (χ4n) is 2.45. The maximum atomic E-state index is 12.3. The van der Waals surface area contributed by atoms with E-state index in [0.29, 0.717) is 0 Å². The van der Waals surface area contributed by atoms with Crippen molar-refractivity contribution >= 4 is 17.7 Å². The molecule has 2 rings (SSSR count). The summed E-state index contributed by atoms with van der Waals surface area (Å²) in [5.74, 6) is -1.17. The average Bonchev–Trinajstić information content (AvgIpc) is 2.91. The zero-order chi connectivity index (χ0) is 16.5. The molecule has 118 valence electrons. The molecule has 1 unspecified atom stereocenters. The molecule has 1 fully saturated rings. The summed E-state index contributed by atoms with van der Waals surface area (Å²) in [7, 11) is 0. The van der Waals surface area contributed by atoms with Gasteiger partial charge in [-0.25, -0.2) is 4.98 Å². The third kappa shape index (κ3) is 2.93. The largest absolute Gasteiger partial charge is 0.348 e. The van der Waals surface area contributed by atoms with E-state index in [-0.39, 0.29) is 24.3 Å². The topological polar surface area (TPSA) is 95.2 Å². The number of aromatic nitrogens is 2. The summed E-state index contributed by atoms with van der Waals surface area (Å²) in [5, 5.41) is 2.63. The Hall–Kier alpha value is -2.44. The van der Waals surface area contributed by atoms with Crippen LogP contribution in [0.15, 0.2) is 19.0 Å². The molecule has 0 aromatic carbocycles. The molecule has 0 bridgehead atoms. The molecule has 0 radical (unpaired) electrons. The number of piperazine rings is 1. The molecule has 1 aromatic rings. The van der Waals surface area contributed by atoms with Gasteiger partial charge in [-0.05, 0) is 0 Å². The highest BCUT2D eigenvalue weighted by Crippen LogP contribution is 2.26. The molecule has 2 N–H and O–H groups in total. The fourth-order valence-corrected chi connectivity index (χ4v) is 2.45.